The maximum absolute atomic E-state index is 13.1. The molecule has 2 heterocycles. The maximum Gasteiger partial charge on any atom is 0.471 e. The van der Waals surface area contributed by atoms with Crippen LogP contribution in [0.2, 0.25) is 0 Å². The molecule has 0 radical (unpaired) electrons. The molecule has 2 aromatic rings. The molecule has 2 aromatic heterocycles. The molecule has 0 saturated heterocycles. The van der Waals surface area contributed by atoms with Crippen LogP contribution in [-0.2, 0) is 14.4 Å². The average Bonchev–Trinajstić information content (AvgIpc) is 3.45. The van der Waals surface area contributed by atoms with E-state index >= 15 is 0 Å². The number of aromatic nitrogens is 2. The van der Waals surface area contributed by atoms with Crippen molar-refractivity contribution in [1.82, 2.24) is 25.9 Å². The first-order valence-electron chi connectivity index (χ1n) is 11.1. The molecule has 0 spiro atoms. The number of H-pyrrole nitrogens is 1. The molecule has 1 aliphatic rings. The van der Waals surface area contributed by atoms with Gasteiger partial charge in [-0.15, -0.1) is 0 Å². The Hall–Kier alpha value is -3.62. The summed E-state index contributed by atoms with van der Waals surface area (Å²) in [6.07, 6.45) is 1.50. The summed E-state index contributed by atoms with van der Waals surface area (Å²) in [7, 11) is 0. The Morgan fingerprint density at radius 1 is 1.14 bits per heavy atom. The van der Waals surface area contributed by atoms with Gasteiger partial charge in [-0.05, 0) is 23.8 Å². The SMILES string of the molecule is CC(C)(C)C(NC(=O)C(F)(F)F)C(=O)NC(CC1CC1)C(=O)NC(C#N)c1cncc2[nH]ccc12. The second kappa shape index (κ2) is 9.93. The molecule has 0 aliphatic heterocycles. The van der Waals surface area contributed by atoms with Crippen molar-refractivity contribution in [3.05, 3.63) is 30.2 Å². The molecule has 1 aliphatic carbocycles. The molecule has 1 fully saturated rings. The highest BCUT2D eigenvalue weighted by Gasteiger charge is 2.44. The number of fused-ring (bicyclic) bond motifs is 1. The minimum absolute atomic E-state index is 0.166. The highest BCUT2D eigenvalue weighted by atomic mass is 19.4. The van der Waals surface area contributed by atoms with Gasteiger partial charge in [-0.2, -0.15) is 18.4 Å². The highest BCUT2D eigenvalue weighted by Crippen LogP contribution is 2.34. The number of nitriles is 1. The van der Waals surface area contributed by atoms with Gasteiger partial charge in [0.2, 0.25) is 11.8 Å². The fourth-order valence-corrected chi connectivity index (χ4v) is 3.72. The molecule has 188 valence electrons. The molecule has 3 unspecified atom stereocenters. The van der Waals surface area contributed by atoms with Gasteiger partial charge in [-0.3, -0.25) is 19.4 Å². The van der Waals surface area contributed by atoms with Crippen LogP contribution in [0.15, 0.2) is 24.7 Å². The molecule has 3 atom stereocenters. The zero-order chi connectivity index (χ0) is 26.0. The fourth-order valence-electron chi connectivity index (χ4n) is 3.72. The smallest absolute Gasteiger partial charge is 0.360 e. The summed E-state index contributed by atoms with van der Waals surface area (Å²) in [5.41, 5.74) is 0.0606. The van der Waals surface area contributed by atoms with E-state index in [-0.39, 0.29) is 12.3 Å². The van der Waals surface area contributed by atoms with Gasteiger partial charge in [0.05, 0.1) is 17.8 Å². The molecule has 35 heavy (non-hydrogen) atoms. The van der Waals surface area contributed by atoms with Crippen molar-refractivity contribution in [3.63, 3.8) is 0 Å². The van der Waals surface area contributed by atoms with Gasteiger partial charge < -0.3 is 20.9 Å². The second-order valence-corrected chi connectivity index (χ2v) is 9.75. The van der Waals surface area contributed by atoms with Crippen molar-refractivity contribution >= 4 is 28.6 Å². The Bertz CT molecular complexity index is 1140. The summed E-state index contributed by atoms with van der Waals surface area (Å²) in [4.78, 5) is 44.7. The minimum atomic E-state index is -5.16. The van der Waals surface area contributed by atoms with E-state index in [0.29, 0.717) is 16.5 Å². The number of aromatic amines is 1. The molecule has 4 N–H and O–H groups in total. The zero-order valence-corrected chi connectivity index (χ0v) is 19.5. The second-order valence-electron chi connectivity index (χ2n) is 9.75. The number of nitrogens with zero attached hydrogens (tertiary/aromatic N) is 2. The van der Waals surface area contributed by atoms with Crippen molar-refractivity contribution in [2.45, 2.75) is 64.3 Å². The minimum Gasteiger partial charge on any atom is -0.360 e. The van der Waals surface area contributed by atoms with Gasteiger partial charge in [0.1, 0.15) is 18.1 Å². The average molecular weight is 493 g/mol. The topological polar surface area (TPSA) is 140 Å². The lowest BCUT2D eigenvalue weighted by Crippen LogP contribution is -2.59. The number of amides is 3. The van der Waals surface area contributed by atoms with E-state index in [1.54, 1.807) is 23.8 Å². The zero-order valence-electron chi connectivity index (χ0n) is 19.5. The molecular weight excluding hydrogens is 465 g/mol. The summed E-state index contributed by atoms with van der Waals surface area (Å²) >= 11 is 0. The third-order valence-electron chi connectivity index (χ3n) is 5.79. The quantitative estimate of drug-likeness (QED) is 0.449. The van der Waals surface area contributed by atoms with E-state index in [9.17, 15) is 32.8 Å². The van der Waals surface area contributed by atoms with Crippen molar-refractivity contribution in [3.8, 4) is 6.07 Å². The van der Waals surface area contributed by atoms with Gasteiger partial charge in [-0.1, -0.05) is 33.6 Å². The number of carbonyl (C=O) groups is 3. The molecule has 0 aromatic carbocycles. The largest absolute Gasteiger partial charge is 0.471 e. The first-order chi connectivity index (χ1) is 16.3. The molecule has 9 nitrogen and oxygen atoms in total. The molecule has 3 amide bonds. The summed E-state index contributed by atoms with van der Waals surface area (Å²) in [6.45, 7) is 4.50. The molecule has 1 saturated carbocycles. The van der Waals surface area contributed by atoms with E-state index in [4.69, 9.17) is 0 Å². The van der Waals surface area contributed by atoms with Crippen LogP contribution in [0.4, 0.5) is 13.2 Å². The van der Waals surface area contributed by atoms with Crippen LogP contribution in [0.5, 0.6) is 0 Å². The summed E-state index contributed by atoms with van der Waals surface area (Å²) < 4.78 is 38.5. The monoisotopic (exact) mass is 492 g/mol. The Morgan fingerprint density at radius 2 is 1.83 bits per heavy atom. The fraction of sp³-hybridized carbons (Fsp3) is 0.522. The van der Waals surface area contributed by atoms with Crippen molar-refractivity contribution in [2.24, 2.45) is 11.3 Å². The van der Waals surface area contributed by atoms with Gasteiger partial charge >= 0.3 is 12.1 Å². The van der Waals surface area contributed by atoms with Crippen LogP contribution in [-0.4, -0.2) is 45.9 Å². The number of nitrogens with one attached hydrogen (secondary N) is 4. The van der Waals surface area contributed by atoms with Crippen LogP contribution >= 0.6 is 0 Å². The number of hydrogen-bond donors (Lipinski definition) is 4. The van der Waals surface area contributed by atoms with Gasteiger partial charge in [-0.25, -0.2) is 0 Å². The van der Waals surface area contributed by atoms with Crippen LogP contribution < -0.4 is 16.0 Å². The lowest BCUT2D eigenvalue weighted by Gasteiger charge is -2.32. The van der Waals surface area contributed by atoms with E-state index in [0.717, 1.165) is 12.8 Å². The van der Waals surface area contributed by atoms with E-state index in [2.05, 4.69) is 20.6 Å². The maximum atomic E-state index is 13.1. The van der Waals surface area contributed by atoms with E-state index < -0.39 is 47.4 Å². The van der Waals surface area contributed by atoms with Crippen LogP contribution in [0, 0.1) is 22.7 Å². The Labute approximate surface area is 199 Å². The van der Waals surface area contributed by atoms with Crippen LogP contribution in [0.1, 0.15) is 51.6 Å². The lowest BCUT2D eigenvalue weighted by atomic mass is 9.85. The number of hydrogen-bond acceptors (Lipinski definition) is 5. The third kappa shape index (κ3) is 6.49. The van der Waals surface area contributed by atoms with Crippen molar-refractivity contribution < 1.29 is 27.6 Å². The van der Waals surface area contributed by atoms with Crippen LogP contribution in [0.25, 0.3) is 10.9 Å². The first-order valence-corrected chi connectivity index (χ1v) is 11.1. The lowest BCUT2D eigenvalue weighted by molar-refractivity contribution is -0.175. The third-order valence-corrected chi connectivity index (χ3v) is 5.79. The van der Waals surface area contributed by atoms with Gasteiger partial charge in [0.25, 0.3) is 0 Å². The predicted octanol–water partition coefficient (Wildman–Crippen LogP) is 2.62. The Kier molecular flexibility index (Phi) is 7.38. The van der Waals surface area contributed by atoms with Crippen molar-refractivity contribution in [2.75, 3.05) is 0 Å². The molecule has 0 bridgehead atoms. The van der Waals surface area contributed by atoms with E-state index in [1.807, 2.05) is 6.07 Å². The normalized spacial score (nSPS) is 16.6. The van der Waals surface area contributed by atoms with Gasteiger partial charge in [0, 0.05) is 23.3 Å². The summed E-state index contributed by atoms with van der Waals surface area (Å²) in [6, 6.07) is 0.0387. The molecule has 3 rings (SSSR count). The summed E-state index contributed by atoms with van der Waals surface area (Å²) in [5.74, 6) is -3.65. The van der Waals surface area contributed by atoms with Crippen LogP contribution in [0.3, 0.4) is 0 Å². The molecular formula is C23H27F3N6O3. The highest BCUT2D eigenvalue weighted by molar-refractivity contribution is 5.94. The Balaban J connectivity index is 1.79. The number of rotatable bonds is 8. The number of carbonyl (C=O) groups excluding carboxylic acids is 3. The molecule has 12 heteroatoms. The van der Waals surface area contributed by atoms with E-state index in [1.165, 1.54) is 27.0 Å². The van der Waals surface area contributed by atoms with Crippen molar-refractivity contribution in [1.29, 1.82) is 5.26 Å². The van der Waals surface area contributed by atoms with Gasteiger partial charge in [0.15, 0.2) is 0 Å². The standard InChI is InChI=1S/C23H27F3N6O3/c1-22(2,3)18(32-21(35)23(24,25)26)20(34)30-15(8-12-4-5-12)19(33)31-16(9-27)14-10-28-11-17-13(14)6-7-29-17/h6-7,10-12,15-16,18,29H,4-5,8H2,1-3H3,(H,30,34)(H,31,33)(H,32,35). The number of pyridine rings is 1. The predicted molar refractivity (Wildman–Crippen MR) is 119 cm³/mol. The Morgan fingerprint density at radius 3 is 2.40 bits per heavy atom. The number of alkyl halides is 3. The first kappa shape index (κ1) is 26.0. The summed E-state index contributed by atoms with van der Waals surface area (Å²) in [5, 5.41) is 17.2. The number of halogens is 3.